The molecule has 1 rings (SSSR count). The van der Waals surface area contributed by atoms with Crippen LogP contribution in [0.4, 0.5) is 18.9 Å². The fourth-order valence-electron chi connectivity index (χ4n) is 1.41. The third kappa shape index (κ3) is 3.63. The molecular weight excluding hydrogens is 315 g/mol. The zero-order valence-electron chi connectivity index (χ0n) is 9.38. The molecule has 1 unspecified atom stereocenters. The number of rotatable bonds is 4. The molecule has 1 aromatic rings. The molecule has 0 fully saturated rings. The van der Waals surface area contributed by atoms with Crippen LogP contribution in [0.1, 0.15) is 18.9 Å². The zero-order valence-corrected chi connectivity index (χ0v) is 11.0. The predicted molar refractivity (Wildman–Crippen MR) is 64.5 cm³/mol. The lowest BCUT2D eigenvalue weighted by molar-refractivity contribution is -0.139. The predicted octanol–water partition coefficient (Wildman–Crippen LogP) is 3.74. The van der Waals surface area contributed by atoms with Gasteiger partial charge in [-0.1, -0.05) is 22.9 Å². The number of anilines is 1. The van der Waals surface area contributed by atoms with Crippen LogP contribution in [0.5, 0.6) is 0 Å². The van der Waals surface area contributed by atoms with Crippen molar-refractivity contribution in [3.63, 3.8) is 0 Å². The number of alkyl halides is 3. The van der Waals surface area contributed by atoms with E-state index in [1.807, 2.05) is 0 Å². The minimum atomic E-state index is -4.53. The molecule has 0 spiro atoms. The quantitative estimate of drug-likeness (QED) is 0.886. The molecule has 1 atom stereocenters. The van der Waals surface area contributed by atoms with Crippen LogP contribution in [0.2, 0.25) is 0 Å². The van der Waals surface area contributed by atoms with Gasteiger partial charge in [-0.25, -0.2) is 4.79 Å². The highest BCUT2D eigenvalue weighted by Gasteiger charge is 2.34. The van der Waals surface area contributed by atoms with Gasteiger partial charge in [0, 0.05) is 10.2 Å². The second-order valence-corrected chi connectivity index (χ2v) is 4.55. The minimum absolute atomic E-state index is 0.180. The Morgan fingerprint density at radius 2 is 2.11 bits per heavy atom. The number of halogens is 4. The molecule has 2 N–H and O–H groups in total. The van der Waals surface area contributed by atoms with Crippen LogP contribution < -0.4 is 5.32 Å². The first-order chi connectivity index (χ1) is 8.25. The van der Waals surface area contributed by atoms with Gasteiger partial charge >= 0.3 is 12.1 Å². The maximum atomic E-state index is 12.7. The summed E-state index contributed by atoms with van der Waals surface area (Å²) < 4.78 is 38.6. The van der Waals surface area contributed by atoms with Crippen molar-refractivity contribution in [2.45, 2.75) is 25.6 Å². The van der Waals surface area contributed by atoms with Crippen LogP contribution in [0.25, 0.3) is 0 Å². The molecule has 0 aliphatic carbocycles. The lowest BCUT2D eigenvalue weighted by atomic mass is 10.1. The summed E-state index contributed by atoms with van der Waals surface area (Å²) in [6.07, 6.45) is -4.35. The Bertz CT molecular complexity index is 448. The molecule has 0 bridgehead atoms. The van der Waals surface area contributed by atoms with E-state index in [1.165, 1.54) is 12.1 Å². The fraction of sp³-hybridized carbons (Fsp3) is 0.364. The summed E-state index contributed by atoms with van der Waals surface area (Å²) in [4.78, 5) is 10.8. The lowest BCUT2D eigenvalue weighted by Gasteiger charge is -2.18. The van der Waals surface area contributed by atoms with Crippen molar-refractivity contribution in [2.75, 3.05) is 5.32 Å². The normalized spacial score (nSPS) is 13.2. The highest BCUT2D eigenvalue weighted by atomic mass is 79.9. The van der Waals surface area contributed by atoms with E-state index in [0.717, 1.165) is 6.07 Å². The van der Waals surface area contributed by atoms with Crippen molar-refractivity contribution in [3.8, 4) is 0 Å². The van der Waals surface area contributed by atoms with Gasteiger partial charge in [-0.05, 0) is 24.6 Å². The molecule has 0 heterocycles. The Balaban J connectivity index is 3.14. The fourth-order valence-corrected chi connectivity index (χ4v) is 1.77. The molecule has 0 amide bonds. The Hall–Kier alpha value is -1.24. The first kappa shape index (κ1) is 14.8. The van der Waals surface area contributed by atoms with E-state index in [2.05, 4.69) is 21.2 Å². The molecule has 18 heavy (non-hydrogen) atoms. The maximum Gasteiger partial charge on any atom is 0.418 e. The summed E-state index contributed by atoms with van der Waals surface area (Å²) in [7, 11) is 0. The Morgan fingerprint density at radius 1 is 1.50 bits per heavy atom. The van der Waals surface area contributed by atoms with E-state index >= 15 is 0 Å². The lowest BCUT2D eigenvalue weighted by Crippen LogP contribution is -2.29. The van der Waals surface area contributed by atoms with Crippen LogP contribution in [-0.4, -0.2) is 17.1 Å². The first-order valence-corrected chi connectivity index (χ1v) is 5.91. The van der Waals surface area contributed by atoms with Crippen molar-refractivity contribution < 1.29 is 23.1 Å². The number of carbonyl (C=O) groups is 1. The van der Waals surface area contributed by atoms with E-state index in [1.54, 1.807) is 6.92 Å². The molecule has 0 radical (unpaired) electrons. The maximum absolute atomic E-state index is 12.7. The topological polar surface area (TPSA) is 49.3 Å². The van der Waals surface area contributed by atoms with Crippen LogP contribution >= 0.6 is 15.9 Å². The smallest absolute Gasteiger partial charge is 0.418 e. The summed E-state index contributed by atoms with van der Waals surface area (Å²) in [5.41, 5.74) is -1.13. The van der Waals surface area contributed by atoms with E-state index in [0.29, 0.717) is 4.47 Å². The molecule has 0 aliphatic heterocycles. The average molecular weight is 326 g/mol. The third-order valence-electron chi connectivity index (χ3n) is 2.32. The number of aliphatic carboxylic acids is 1. The summed E-state index contributed by atoms with van der Waals surface area (Å²) in [5, 5.41) is 11.2. The third-order valence-corrected chi connectivity index (χ3v) is 2.82. The highest BCUT2D eigenvalue weighted by molar-refractivity contribution is 9.10. The molecule has 3 nitrogen and oxygen atoms in total. The largest absolute Gasteiger partial charge is 0.480 e. The summed E-state index contributed by atoms with van der Waals surface area (Å²) in [6.45, 7) is 1.58. The average Bonchev–Trinajstić information content (AvgIpc) is 2.23. The van der Waals surface area contributed by atoms with Gasteiger partial charge in [0.15, 0.2) is 0 Å². The highest BCUT2D eigenvalue weighted by Crippen LogP contribution is 2.36. The monoisotopic (exact) mass is 325 g/mol. The number of nitrogens with one attached hydrogen (secondary N) is 1. The molecule has 0 saturated heterocycles. The van der Waals surface area contributed by atoms with Crippen LogP contribution in [0, 0.1) is 0 Å². The standard InChI is InChI=1S/C11H11BrF3NO2/c1-2-8(10(17)18)16-9-5-6(12)3-4-7(9)11(13,14)15/h3-5,8,16H,2H2,1H3,(H,17,18). The SMILES string of the molecule is CCC(Nc1cc(Br)ccc1C(F)(F)F)C(=O)O. The van der Waals surface area contributed by atoms with E-state index < -0.39 is 23.8 Å². The second-order valence-electron chi connectivity index (χ2n) is 3.63. The first-order valence-electron chi connectivity index (χ1n) is 5.11. The van der Waals surface area contributed by atoms with Gasteiger partial charge in [0.05, 0.1) is 5.56 Å². The van der Waals surface area contributed by atoms with Gasteiger partial charge in [0.1, 0.15) is 6.04 Å². The molecule has 1 aromatic carbocycles. The van der Waals surface area contributed by atoms with Crippen molar-refractivity contribution in [2.24, 2.45) is 0 Å². The summed E-state index contributed by atoms with van der Waals surface area (Å²) in [6, 6.07) is 2.32. The summed E-state index contributed by atoms with van der Waals surface area (Å²) in [5.74, 6) is -1.19. The van der Waals surface area contributed by atoms with Gasteiger partial charge in [0.25, 0.3) is 0 Å². The van der Waals surface area contributed by atoms with Gasteiger partial charge in [0.2, 0.25) is 0 Å². The molecule has 0 aromatic heterocycles. The Morgan fingerprint density at radius 3 is 2.56 bits per heavy atom. The van der Waals surface area contributed by atoms with Gasteiger partial charge in [-0.2, -0.15) is 13.2 Å². The molecule has 0 saturated carbocycles. The van der Waals surface area contributed by atoms with Crippen LogP contribution in [0.15, 0.2) is 22.7 Å². The number of carboxylic acid groups (broad SMARTS) is 1. The van der Waals surface area contributed by atoms with Crippen molar-refractivity contribution in [3.05, 3.63) is 28.2 Å². The van der Waals surface area contributed by atoms with Crippen LogP contribution in [-0.2, 0) is 11.0 Å². The molecule has 7 heteroatoms. The number of benzene rings is 1. The van der Waals surface area contributed by atoms with Crippen molar-refractivity contribution in [1.29, 1.82) is 0 Å². The Kier molecular flexibility index (Phi) is 4.61. The van der Waals surface area contributed by atoms with E-state index in [4.69, 9.17) is 5.11 Å². The second kappa shape index (κ2) is 5.60. The number of hydrogen-bond acceptors (Lipinski definition) is 2. The van der Waals surface area contributed by atoms with Crippen molar-refractivity contribution in [1.82, 2.24) is 0 Å². The summed E-state index contributed by atoms with van der Waals surface area (Å²) >= 11 is 3.06. The Labute approximate surface area is 110 Å². The van der Waals surface area contributed by atoms with E-state index in [9.17, 15) is 18.0 Å². The number of carboxylic acids is 1. The minimum Gasteiger partial charge on any atom is -0.480 e. The van der Waals surface area contributed by atoms with Gasteiger partial charge in [-0.3, -0.25) is 0 Å². The van der Waals surface area contributed by atoms with Gasteiger partial charge in [-0.15, -0.1) is 0 Å². The molecular formula is C11H11BrF3NO2. The van der Waals surface area contributed by atoms with E-state index in [-0.39, 0.29) is 12.1 Å². The van der Waals surface area contributed by atoms with Crippen LogP contribution in [0.3, 0.4) is 0 Å². The van der Waals surface area contributed by atoms with Crippen molar-refractivity contribution >= 4 is 27.6 Å². The number of hydrogen-bond donors (Lipinski definition) is 2. The molecule has 0 aliphatic rings. The zero-order chi connectivity index (χ0) is 13.9. The molecule has 100 valence electrons. The van der Waals surface area contributed by atoms with Gasteiger partial charge < -0.3 is 10.4 Å².